The summed E-state index contributed by atoms with van der Waals surface area (Å²) in [6, 6.07) is 0. The van der Waals surface area contributed by atoms with Crippen LogP contribution in [0.4, 0.5) is 0 Å². The molecule has 0 amide bonds. The lowest BCUT2D eigenvalue weighted by molar-refractivity contribution is 1.18. The summed E-state index contributed by atoms with van der Waals surface area (Å²) < 4.78 is 0. The van der Waals surface area contributed by atoms with Gasteiger partial charge in [0.15, 0.2) is 0 Å². The monoisotopic (exact) mass is 98.1 g/mol. The highest BCUT2D eigenvalue weighted by atomic mass is 14.8. The molecule has 0 aliphatic carbocycles. The van der Waals surface area contributed by atoms with E-state index in [9.17, 15) is 0 Å². The minimum Gasteiger partial charge on any atom is -0.354 e. The Hall–Kier alpha value is -0.790. The van der Waals surface area contributed by atoms with Crippen LogP contribution in [0.3, 0.4) is 0 Å². The van der Waals surface area contributed by atoms with Crippen LogP contribution >= 0.6 is 0 Å². The van der Waals surface area contributed by atoms with Gasteiger partial charge in [-0.1, -0.05) is 13.0 Å². The summed E-state index contributed by atoms with van der Waals surface area (Å²) in [6.07, 6.45) is 5.85. The Morgan fingerprint density at radius 3 is 2.86 bits per heavy atom. The van der Waals surface area contributed by atoms with Gasteiger partial charge in [0.25, 0.3) is 0 Å². The van der Waals surface area contributed by atoms with E-state index in [-0.39, 0.29) is 0 Å². The van der Waals surface area contributed by atoms with Crippen LogP contribution in [-0.4, -0.2) is 6.34 Å². The molecule has 0 aliphatic rings. The van der Waals surface area contributed by atoms with Crippen LogP contribution in [-0.2, 0) is 0 Å². The SMILES string of the molecule is CC/C=C\NC=N. The highest BCUT2D eigenvalue weighted by Crippen LogP contribution is 1.72. The maximum atomic E-state index is 6.49. The van der Waals surface area contributed by atoms with Gasteiger partial charge in [0.2, 0.25) is 0 Å². The molecule has 0 aliphatic heterocycles. The molecule has 0 saturated heterocycles. The minimum atomic E-state index is 1.01. The van der Waals surface area contributed by atoms with Crippen LogP contribution in [0.15, 0.2) is 12.3 Å². The van der Waals surface area contributed by atoms with Gasteiger partial charge in [-0.15, -0.1) is 0 Å². The number of hydrogen-bond acceptors (Lipinski definition) is 1. The van der Waals surface area contributed by atoms with Gasteiger partial charge in [0.1, 0.15) is 0 Å². The molecule has 0 heterocycles. The van der Waals surface area contributed by atoms with Gasteiger partial charge >= 0.3 is 0 Å². The lowest BCUT2D eigenvalue weighted by Crippen LogP contribution is -1.96. The Morgan fingerprint density at radius 1 is 1.71 bits per heavy atom. The first-order chi connectivity index (χ1) is 3.41. The molecule has 0 radical (unpaired) electrons. The fourth-order valence-corrected chi connectivity index (χ4v) is 0.234. The van der Waals surface area contributed by atoms with Crippen LogP contribution in [0.5, 0.6) is 0 Å². The van der Waals surface area contributed by atoms with E-state index in [1.807, 2.05) is 13.0 Å². The number of allylic oxidation sites excluding steroid dienone is 1. The molecular weight excluding hydrogens is 88.1 g/mol. The smallest absolute Gasteiger partial charge is 0.0830 e. The fourth-order valence-electron chi connectivity index (χ4n) is 0.234. The average molecular weight is 98.1 g/mol. The maximum Gasteiger partial charge on any atom is 0.0830 e. The van der Waals surface area contributed by atoms with Gasteiger partial charge in [-0.2, -0.15) is 0 Å². The third-order valence-electron chi connectivity index (χ3n) is 0.533. The van der Waals surface area contributed by atoms with Crippen molar-refractivity contribution in [3.63, 3.8) is 0 Å². The van der Waals surface area contributed by atoms with Crippen molar-refractivity contribution in [1.29, 1.82) is 5.41 Å². The molecule has 0 fully saturated rings. The standard InChI is InChI=1S/C5H10N2/c1-2-3-4-7-5-6/h3-5H,2H2,1H3,(H2,6,7)/b4-3-. The van der Waals surface area contributed by atoms with Crippen molar-refractivity contribution < 1.29 is 0 Å². The Bertz CT molecular complexity index is 66.5. The molecule has 0 atom stereocenters. The Morgan fingerprint density at radius 2 is 2.43 bits per heavy atom. The summed E-state index contributed by atoms with van der Waals surface area (Å²) in [5.41, 5.74) is 0. The first kappa shape index (κ1) is 6.21. The minimum absolute atomic E-state index is 1.01. The van der Waals surface area contributed by atoms with E-state index >= 15 is 0 Å². The van der Waals surface area contributed by atoms with Crippen molar-refractivity contribution in [2.24, 2.45) is 0 Å². The molecule has 0 rings (SSSR count). The van der Waals surface area contributed by atoms with E-state index in [0.29, 0.717) is 0 Å². The molecule has 2 nitrogen and oxygen atoms in total. The zero-order valence-electron chi connectivity index (χ0n) is 4.44. The molecule has 0 aromatic heterocycles. The first-order valence-electron chi connectivity index (χ1n) is 2.31. The van der Waals surface area contributed by atoms with Gasteiger partial charge in [-0.3, -0.25) is 5.41 Å². The maximum absolute atomic E-state index is 6.49. The van der Waals surface area contributed by atoms with Crippen molar-refractivity contribution in [2.45, 2.75) is 13.3 Å². The predicted octanol–water partition coefficient (Wildman–Crippen LogP) is 1.11. The number of rotatable bonds is 3. The third kappa shape index (κ3) is 5.21. The van der Waals surface area contributed by atoms with E-state index in [1.54, 1.807) is 6.20 Å². The molecule has 0 aromatic rings. The summed E-state index contributed by atoms with van der Waals surface area (Å²) in [5, 5.41) is 9.10. The quantitative estimate of drug-likeness (QED) is 0.402. The Balaban J connectivity index is 2.92. The predicted molar refractivity (Wildman–Crippen MR) is 31.4 cm³/mol. The van der Waals surface area contributed by atoms with Gasteiger partial charge in [-0.05, 0) is 12.6 Å². The lowest BCUT2D eigenvalue weighted by Gasteiger charge is -1.80. The number of hydrogen-bond donors (Lipinski definition) is 2. The second-order valence-corrected chi connectivity index (χ2v) is 1.12. The number of nitrogens with one attached hydrogen (secondary N) is 2. The molecule has 0 spiro atoms. The van der Waals surface area contributed by atoms with Crippen molar-refractivity contribution >= 4 is 6.34 Å². The average Bonchev–Trinajstić information content (AvgIpc) is 1.69. The van der Waals surface area contributed by atoms with Crippen LogP contribution in [0, 0.1) is 5.41 Å². The normalized spacial score (nSPS) is 9.29. The van der Waals surface area contributed by atoms with Gasteiger partial charge in [0.05, 0.1) is 6.34 Å². The van der Waals surface area contributed by atoms with Crippen LogP contribution in [0.1, 0.15) is 13.3 Å². The highest BCUT2D eigenvalue weighted by Gasteiger charge is 1.60. The first-order valence-corrected chi connectivity index (χ1v) is 2.31. The Labute approximate surface area is 43.7 Å². The summed E-state index contributed by atoms with van der Waals surface area (Å²) >= 11 is 0. The zero-order chi connectivity index (χ0) is 5.54. The molecule has 2 heteroatoms. The van der Waals surface area contributed by atoms with Gasteiger partial charge in [0, 0.05) is 0 Å². The lowest BCUT2D eigenvalue weighted by atomic mass is 10.5. The highest BCUT2D eigenvalue weighted by molar-refractivity contribution is 5.51. The van der Waals surface area contributed by atoms with Crippen molar-refractivity contribution in [1.82, 2.24) is 5.32 Å². The van der Waals surface area contributed by atoms with Crippen LogP contribution < -0.4 is 5.32 Å². The summed E-state index contributed by atoms with van der Waals surface area (Å²) in [7, 11) is 0. The molecule has 7 heavy (non-hydrogen) atoms. The van der Waals surface area contributed by atoms with Crippen molar-refractivity contribution in [3.05, 3.63) is 12.3 Å². The van der Waals surface area contributed by atoms with Crippen LogP contribution in [0.2, 0.25) is 0 Å². The molecule has 0 unspecified atom stereocenters. The molecule has 0 bridgehead atoms. The van der Waals surface area contributed by atoms with E-state index in [1.165, 1.54) is 0 Å². The van der Waals surface area contributed by atoms with Crippen molar-refractivity contribution in [2.75, 3.05) is 0 Å². The molecule has 0 aromatic carbocycles. The fraction of sp³-hybridized carbons (Fsp3) is 0.400. The van der Waals surface area contributed by atoms with Gasteiger partial charge in [-0.25, -0.2) is 0 Å². The summed E-state index contributed by atoms with van der Waals surface area (Å²) in [5.74, 6) is 0. The largest absolute Gasteiger partial charge is 0.354 e. The summed E-state index contributed by atoms with van der Waals surface area (Å²) in [4.78, 5) is 0. The zero-order valence-corrected chi connectivity index (χ0v) is 4.44. The van der Waals surface area contributed by atoms with E-state index in [2.05, 4.69) is 5.32 Å². The Kier molecular flexibility index (Phi) is 4.62. The van der Waals surface area contributed by atoms with E-state index < -0.39 is 0 Å². The molecule has 0 saturated carbocycles. The molecule has 40 valence electrons. The molecular formula is C5H10N2. The second-order valence-electron chi connectivity index (χ2n) is 1.12. The third-order valence-corrected chi connectivity index (χ3v) is 0.533. The molecule has 2 N–H and O–H groups in total. The van der Waals surface area contributed by atoms with Crippen LogP contribution in [0.25, 0.3) is 0 Å². The van der Waals surface area contributed by atoms with E-state index in [4.69, 9.17) is 5.41 Å². The van der Waals surface area contributed by atoms with Gasteiger partial charge < -0.3 is 5.32 Å². The summed E-state index contributed by atoms with van der Waals surface area (Å²) in [6.45, 7) is 2.04. The second kappa shape index (κ2) is 5.21. The topological polar surface area (TPSA) is 35.9 Å². The van der Waals surface area contributed by atoms with E-state index in [0.717, 1.165) is 12.8 Å². The van der Waals surface area contributed by atoms with Crippen molar-refractivity contribution in [3.8, 4) is 0 Å².